The first kappa shape index (κ1) is 17.1. The standard InChI is InChI=1S/C18H24ClN3O2/c1-18(2,3)24-17(23)21-13-6-4-11(5-7-13)14-8-12(19)9-16-15(14)10-20-22-16/h8-11,13H,4-7H2,1-3H3,(H,20,22)(H,21,23). The summed E-state index contributed by atoms with van der Waals surface area (Å²) >= 11 is 6.24. The van der Waals surface area contributed by atoms with Crippen molar-refractivity contribution < 1.29 is 9.53 Å². The smallest absolute Gasteiger partial charge is 0.407 e. The Kier molecular flexibility index (Phi) is 4.72. The predicted molar refractivity (Wildman–Crippen MR) is 95.5 cm³/mol. The molecule has 2 N–H and O–H groups in total. The first-order chi connectivity index (χ1) is 11.3. The van der Waals surface area contributed by atoms with Gasteiger partial charge in [0.25, 0.3) is 0 Å². The van der Waals surface area contributed by atoms with Crippen molar-refractivity contribution in [2.45, 2.75) is 64.0 Å². The first-order valence-corrected chi connectivity index (χ1v) is 8.81. The number of carbonyl (C=O) groups is 1. The van der Waals surface area contributed by atoms with Crippen LogP contribution < -0.4 is 5.32 Å². The van der Waals surface area contributed by atoms with Crippen molar-refractivity contribution in [3.05, 3.63) is 28.9 Å². The zero-order valence-electron chi connectivity index (χ0n) is 14.4. The lowest BCUT2D eigenvalue weighted by Crippen LogP contribution is -2.40. The number of nitrogens with one attached hydrogen (secondary N) is 2. The van der Waals surface area contributed by atoms with Gasteiger partial charge in [0.05, 0.1) is 11.7 Å². The quantitative estimate of drug-likeness (QED) is 0.820. The van der Waals surface area contributed by atoms with E-state index in [9.17, 15) is 4.79 Å². The summed E-state index contributed by atoms with van der Waals surface area (Å²) < 4.78 is 5.34. The number of ether oxygens (including phenoxy) is 1. The van der Waals surface area contributed by atoms with E-state index in [2.05, 4.69) is 15.5 Å². The zero-order chi connectivity index (χ0) is 17.3. The summed E-state index contributed by atoms with van der Waals surface area (Å²) in [7, 11) is 0. The summed E-state index contributed by atoms with van der Waals surface area (Å²) in [5.41, 5.74) is 1.77. The SMILES string of the molecule is CC(C)(C)OC(=O)NC1CCC(c2cc(Cl)cc3[nH]ncc23)CC1. The number of carbonyl (C=O) groups excluding carboxylic acids is 1. The van der Waals surface area contributed by atoms with Gasteiger partial charge < -0.3 is 10.1 Å². The summed E-state index contributed by atoms with van der Waals surface area (Å²) in [6, 6.07) is 4.13. The molecule has 24 heavy (non-hydrogen) atoms. The van der Waals surface area contributed by atoms with Crippen LogP contribution in [0.5, 0.6) is 0 Å². The van der Waals surface area contributed by atoms with Crippen molar-refractivity contribution in [2.75, 3.05) is 0 Å². The third-order valence-electron chi connectivity index (χ3n) is 4.44. The molecule has 1 fully saturated rings. The molecule has 0 atom stereocenters. The van der Waals surface area contributed by atoms with E-state index in [-0.39, 0.29) is 12.1 Å². The second-order valence-electron chi connectivity index (χ2n) is 7.52. The number of nitrogens with zero attached hydrogens (tertiary/aromatic N) is 1. The first-order valence-electron chi connectivity index (χ1n) is 8.44. The third-order valence-corrected chi connectivity index (χ3v) is 4.66. The monoisotopic (exact) mass is 349 g/mol. The Morgan fingerprint density at radius 1 is 1.29 bits per heavy atom. The molecule has 0 aliphatic heterocycles. The maximum absolute atomic E-state index is 11.9. The predicted octanol–water partition coefficient (Wildman–Crippen LogP) is 4.77. The molecule has 130 valence electrons. The zero-order valence-corrected chi connectivity index (χ0v) is 15.1. The average molecular weight is 350 g/mol. The Morgan fingerprint density at radius 2 is 2.00 bits per heavy atom. The van der Waals surface area contributed by atoms with Crippen LogP contribution in [0.1, 0.15) is 57.9 Å². The molecule has 0 spiro atoms. The molecule has 1 aliphatic carbocycles. The lowest BCUT2D eigenvalue weighted by molar-refractivity contribution is 0.0491. The van der Waals surface area contributed by atoms with Gasteiger partial charge in [0.15, 0.2) is 0 Å². The Balaban J connectivity index is 1.62. The van der Waals surface area contributed by atoms with Crippen LogP contribution in [0.15, 0.2) is 18.3 Å². The van der Waals surface area contributed by atoms with Crippen LogP contribution in [0.25, 0.3) is 10.9 Å². The van der Waals surface area contributed by atoms with Crippen LogP contribution in [0, 0.1) is 0 Å². The Hall–Kier alpha value is -1.75. The molecule has 0 bridgehead atoms. The maximum Gasteiger partial charge on any atom is 0.407 e. The molecule has 1 amide bonds. The van der Waals surface area contributed by atoms with Gasteiger partial charge in [-0.25, -0.2) is 4.79 Å². The second kappa shape index (κ2) is 6.63. The lowest BCUT2D eigenvalue weighted by atomic mass is 9.81. The highest BCUT2D eigenvalue weighted by atomic mass is 35.5. The van der Waals surface area contributed by atoms with Gasteiger partial charge in [0.2, 0.25) is 0 Å². The number of alkyl carbamates (subject to hydrolysis) is 1. The van der Waals surface area contributed by atoms with E-state index in [0.717, 1.165) is 41.6 Å². The van der Waals surface area contributed by atoms with Crippen molar-refractivity contribution in [1.29, 1.82) is 0 Å². The minimum Gasteiger partial charge on any atom is -0.444 e. The molecule has 0 unspecified atom stereocenters. The van der Waals surface area contributed by atoms with Crippen LogP contribution in [-0.2, 0) is 4.74 Å². The number of amides is 1. The number of fused-ring (bicyclic) bond motifs is 1. The van der Waals surface area contributed by atoms with Gasteiger partial charge in [-0.3, -0.25) is 5.10 Å². The molecule has 6 heteroatoms. The number of hydrogen-bond acceptors (Lipinski definition) is 3. The number of aromatic amines is 1. The topological polar surface area (TPSA) is 67.0 Å². The normalized spacial score (nSPS) is 21.7. The summed E-state index contributed by atoms with van der Waals surface area (Å²) in [4.78, 5) is 11.9. The van der Waals surface area contributed by atoms with E-state index < -0.39 is 5.60 Å². The van der Waals surface area contributed by atoms with Crippen molar-refractivity contribution in [1.82, 2.24) is 15.5 Å². The Morgan fingerprint density at radius 3 is 2.67 bits per heavy atom. The van der Waals surface area contributed by atoms with Crippen LogP contribution in [0.4, 0.5) is 4.79 Å². The van der Waals surface area contributed by atoms with Gasteiger partial charge in [-0.2, -0.15) is 5.10 Å². The van der Waals surface area contributed by atoms with Crippen molar-refractivity contribution >= 4 is 28.6 Å². The highest BCUT2D eigenvalue weighted by Crippen LogP contribution is 2.37. The minimum atomic E-state index is -0.463. The number of aromatic nitrogens is 2. The van der Waals surface area contributed by atoms with Gasteiger partial charge in [0.1, 0.15) is 5.60 Å². The number of benzene rings is 1. The lowest BCUT2D eigenvalue weighted by Gasteiger charge is -2.30. The van der Waals surface area contributed by atoms with Gasteiger partial charge in [-0.1, -0.05) is 11.6 Å². The fraction of sp³-hybridized carbons (Fsp3) is 0.556. The second-order valence-corrected chi connectivity index (χ2v) is 7.96. The van der Waals surface area contributed by atoms with Crippen LogP contribution >= 0.6 is 11.6 Å². The highest BCUT2D eigenvalue weighted by molar-refractivity contribution is 6.31. The van der Waals surface area contributed by atoms with Crippen LogP contribution in [0.2, 0.25) is 5.02 Å². The van der Waals surface area contributed by atoms with Gasteiger partial charge >= 0.3 is 6.09 Å². The van der Waals surface area contributed by atoms with E-state index in [0.29, 0.717) is 5.92 Å². The molecule has 1 aliphatic rings. The number of rotatable bonds is 2. The number of halogens is 1. The van der Waals surface area contributed by atoms with Gasteiger partial charge in [-0.15, -0.1) is 0 Å². The average Bonchev–Trinajstić information content (AvgIpc) is 2.93. The Labute approximate surface area is 147 Å². The molecule has 1 saturated carbocycles. The summed E-state index contributed by atoms with van der Waals surface area (Å²) in [5.74, 6) is 0.445. The number of hydrogen-bond donors (Lipinski definition) is 2. The van der Waals surface area contributed by atoms with Crippen LogP contribution in [-0.4, -0.2) is 27.9 Å². The van der Waals surface area contributed by atoms with Gasteiger partial charge in [-0.05, 0) is 70.1 Å². The van der Waals surface area contributed by atoms with Crippen molar-refractivity contribution in [3.63, 3.8) is 0 Å². The summed E-state index contributed by atoms with van der Waals surface area (Å²) in [6.07, 6.45) is 5.45. The molecule has 0 radical (unpaired) electrons. The Bertz CT molecular complexity index is 727. The fourth-order valence-electron chi connectivity index (χ4n) is 3.40. The fourth-order valence-corrected chi connectivity index (χ4v) is 3.63. The maximum atomic E-state index is 11.9. The number of H-pyrrole nitrogens is 1. The molecule has 2 aromatic rings. The molecule has 1 aromatic carbocycles. The molecule has 1 aromatic heterocycles. The molecule has 1 heterocycles. The van der Waals surface area contributed by atoms with E-state index in [4.69, 9.17) is 16.3 Å². The largest absolute Gasteiger partial charge is 0.444 e. The summed E-state index contributed by atoms with van der Waals surface area (Å²) in [6.45, 7) is 5.62. The van der Waals surface area contributed by atoms with E-state index in [1.54, 1.807) is 0 Å². The van der Waals surface area contributed by atoms with Crippen molar-refractivity contribution in [3.8, 4) is 0 Å². The molecular weight excluding hydrogens is 326 g/mol. The van der Waals surface area contributed by atoms with Crippen molar-refractivity contribution in [2.24, 2.45) is 0 Å². The molecule has 5 nitrogen and oxygen atoms in total. The minimum absolute atomic E-state index is 0.176. The van der Waals surface area contributed by atoms with E-state index in [1.807, 2.05) is 39.1 Å². The van der Waals surface area contributed by atoms with Crippen LogP contribution in [0.3, 0.4) is 0 Å². The molecule has 3 rings (SSSR count). The highest BCUT2D eigenvalue weighted by Gasteiger charge is 2.26. The molecular formula is C18H24ClN3O2. The molecule has 0 saturated heterocycles. The van der Waals surface area contributed by atoms with Gasteiger partial charge in [0, 0.05) is 16.5 Å². The van der Waals surface area contributed by atoms with E-state index in [1.165, 1.54) is 5.56 Å². The summed E-state index contributed by atoms with van der Waals surface area (Å²) in [5, 5.41) is 12.0. The third kappa shape index (κ3) is 4.01. The van der Waals surface area contributed by atoms with E-state index >= 15 is 0 Å².